The number of imidazole rings is 1. The predicted octanol–water partition coefficient (Wildman–Crippen LogP) is 17.9. The number of nitrogens with zero attached hydrogens (tertiary/aromatic N) is 2. The Morgan fingerprint density at radius 1 is 0.355 bits per heavy atom. The fraction of sp³-hybridized carbons (Fsp3) is 0.915. The van der Waals surface area contributed by atoms with E-state index in [0.29, 0.717) is 6.04 Å². The van der Waals surface area contributed by atoms with Crippen molar-refractivity contribution in [1.82, 2.24) is 4.57 Å². The van der Waals surface area contributed by atoms with Crippen LogP contribution in [-0.4, -0.2) is 4.57 Å². The molecule has 0 bridgehead atoms. The molecule has 368 valence electrons. The molecule has 1 aromatic rings. The van der Waals surface area contributed by atoms with E-state index < -0.39 is 0 Å². The molecule has 1 unspecified atom stereocenters. The van der Waals surface area contributed by atoms with E-state index in [0.717, 1.165) is 5.92 Å². The average molecular weight is 888 g/mol. The van der Waals surface area contributed by atoms with Gasteiger partial charge in [-0.1, -0.05) is 284 Å². The summed E-state index contributed by atoms with van der Waals surface area (Å²) in [6.07, 6.45) is 79.5. The summed E-state index contributed by atoms with van der Waals surface area (Å²) in [5.74, 6) is 0.975. The van der Waals surface area contributed by atoms with Gasteiger partial charge in [0.1, 0.15) is 18.4 Å². The summed E-state index contributed by atoms with van der Waals surface area (Å²) in [6.45, 7) is 10.4. The highest BCUT2D eigenvalue weighted by atomic mass is 35.5. The van der Waals surface area contributed by atoms with E-state index in [9.17, 15) is 0 Å². The van der Waals surface area contributed by atoms with Crippen LogP contribution >= 0.6 is 0 Å². The van der Waals surface area contributed by atoms with Gasteiger partial charge >= 0.3 is 0 Å². The van der Waals surface area contributed by atoms with Crippen LogP contribution in [0.25, 0.3) is 0 Å². The monoisotopic (exact) mass is 887 g/mol. The molecule has 0 radical (unpaired) electrons. The number of unbranched alkanes of at least 4 members (excludes halogenated alkanes) is 36. The van der Waals surface area contributed by atoms with Crippen molar-refractivity contribution in [2.24, 2.45) is 5.92 Å². The van der Waals surface area contributed by atoms with E-state index in [1.807, 2.05) is 0 Å². The summed E-state index contributed by atoms with van der Waals surface area (Å²) < 4.78 is 5.07. The molecule has 0 fully saturated rings. The van der Waals surface area contributed by atoms with Gasteiger partial charge in [-0.3, -0.25) is 0 Å². The van der Waals surface area contributed by atoms with Gasteiger partial charge in [0.25, 0.3) is 0 Å². The van der Waals surface area contributed by atoms with E-state index in [4.69, 9.17) is 0 Å². The van der Waals surface area contributed by atoms with Crippen LogP contribution in [0.2, 0.25) is 0 Å². The molecule has 0 aliphatic heterocycles. The van der Waals surface area contributed by atoms with Crippen molar-refractivity contribution >= 4 is 0 Å². The van der Waals surface area contributed by atoms with Crippen LogP contribution in [0.15, 0.2) is 30.9 Å². The minimum absolute atomic E-state index is 0. The van der Waals surface area contributed by atoms with E-state index in [1.165, 1.54) is 308 Å². The van der Waals surface area contributed by atoms with Gasteiger partial charge in [0.2, 0.25) is 6.33 Å². The van der Waals surface area contributed by atoms with Crippen LogP contribution < -0.4 is 17.0 Å². The van der Waals surface area contributed by atoms with Crippen LogP contribution in [0.5, 0.6) is 0 Å². The molecule has 0 saturated heterocycles. The third kappa shape index (κ3) is 41.9. The Bertz CT molecular complexity index is 957. The largest absolute Gasteiger partial charge is 1.00 e. The second-order valence-corrected chi connectivity index (χ2v) is 20.3. The molecule has 0 saturated carbocycles. The Balaban J connectivity index is 0.0000372. The highest BCUT2D eigenvalue weighted by molar-refractivity contribution is 4.81. The molecule has 0 N–H and O–H groups in total. The highest BCUT2D eigenvalue weighted by Gasteiger charge is 2.18. The van der Waals surface area contributed by atoms with Crippen molar-refractivity contribution in [1.29, 1.82) is 0 Å². The fourth-order valence-electron chi connectivity index (χ4n) is 9.96. The zero-order chi connectivity index (χ0) is 43.8. The first-order valence-electron chi connectivity index (χ1n) is 29.0. The van der Waals surface area contributed by atoms with Crippen molar-refractivity contribution in [3.05, 3.63) is 30.9 Å². The van der Waals surface area contributed by atoms with Crippen molar-refractivity contribution in [2.75, 3.05) is 0 Å². The Morgan fingerprint density at radius 2 is 0.645 bits per heavy atom. The molecule has 1 atom stereocenters. The van der Waals surface area contributed by atoms with Gasteiger partial charge in [-0.15, -0.1) is 0 Å². The minimum Gasteiger partial charge on any atom is -1.00 e. The number of halogens is 1. The second kappa shape index (κ2) is 51.2. The number of allylic oxidation sites excluding steroid dienone is 2. The molecule has 0 amide bonds. The third-order valence-corrected chi connectivity index (χ3v) is 14.3. The summed E-state index contributed by atoms with van der Waals surface area (Å²) in [5.41, 5.74) is 0. The summed E-state index contributed by atoms with van der Waals surface area (Å²) in [6, 6.07) is 0.686. The topological polar surface area (TPSA) is 8.81 Å². The van der Waals surface area contributed by atoms with Gasteiger partial charge in [0.05, 0.1) is 6.54 Å². The third-order valence-electron chi connectivity index (χ3n) is 14.3. The SMILES string of the molecule is CCCCCCCC/C=C/CCCCCCCCC(CCCCC(CCCCCCCCCCCCCC)CCCCCCCCCCCCCC)[n+]1ccn(CCCC)c1.[Cl-]. The minimum atomic E-state index is 0. The van der Waals surface area contributed by atoms with Gasteiger partial charge < -0.3 is 12.4 Å². The summed E-state index contributed by atoms with van der Waals surface area (Å²) in [4.78, 5) is 0. The second-order valence-electron chi connectivity index (χ2n) is 20.3. The highest BCUT2D eigenvalue weighted by Crippen LogP contribution is 2.27. The number of hydrogen-bond donors (Lipinski definition) is 0. The van der Waals surface area contributed by atoms with Crippen LogP contribution in [0.3, 0.4) is 0 Å². The van der Waals surface area contributed by atoms with Crippen molar-refractivity contribution in [2.45, 2.75) is 342 Å². The first-order chi connectivity index (χ1) is 30.2. The molecule has 0 aromatic carbocycles. The van der Waals surface area contributed by atoms with Crippen molar-refractivity contribution < 1.29 is 17.0 Å². The van der Waals surface area contributed by atoms with E-state index >= 15 is 0 Å². The van der Waals surface area contributed by atoms with Crippen LogP contribution in [0.1, 0.15) is 336 Å². The maximum absolute atomic E-state index is 2.61. The Morgan fingerprint density at radius 3 is 1.02 bits per heavy atom. The molecule has 0 aliphatic rings. The maximum atomic E-state index is 2.61. The lowest BCUT2D eigenvalue weighted by molar-refractivity contribution is -0.724. The molecule has 2 nitrogen and oxygen atoms in total. The number of rotatable bonds is 51. The predicted molar refractivity (Wildman–Crippen MR) is 276 cm³/mol. The molecular weight excluding hydrogens is 772 g/mol. The fourth-order valence-corrected chi connectivity index (χ4v) is 9.96. The maximum Gasteiger partial charge on any atom is 0.243 e. The van der Waals surface area contributed by atoms with E-state index in [1.54, 1.807) is 0 Å². The van der Waals surface area contributed by atoms with Gasteiger partial charge in [-0.05, 0) is 63.7 Å². The van der Waals surface area contributed by atoms with Crippen LogP contribution in [0.4, 0.5) is 0 Å². The molecule has 0 spiro atoms. The molecule has 0 aliphatic carbocycles. The zero-order valence-corrected chi connectivity index (χ0v) is 44.0. The number of aromatic nitrogens is 2. The Labute approximate surface area is 398 Å². The van der Waals surface area contributed by atoms with Gasteiger partial charge in [0, 0.05) is 0 Å². The lowest BCUT2D eigenvalue weighted by Gasteiger charge is -2.18. The Kier molecular flexibility index (Phi) is 50.6. The summed E-state index contributed by atoms with van der Waals surface area (Å²) >= 11 is 0. The first kappa shape index (κ1) is 61.2. The van der Waals surface area contributed by atoms with Crippen molar-refractivity contribution in [3.8, 4) is 0 Å². The number of hydrogen-bond acceptors (Lipinski definition) is 0. The molecular formula is C59H115ClN2. The molecule has 1 rings (SSSR count). The van der Waals surface area contributed by atoms with Crippen LogP contribution in [0, 0.1) is 5.92 Å². The van der Waals surface area contributed by atoms with E-state index in [-0.39, 0.29) is 12.4 Å². The number of aryl methyl sites for hydroxylation is 1. The lowest BCUT2D eigenvalue weighted by Crippen LogP contribution is -3.00. The first-order valence-corrected chi connectivity index (χ1v) is 29.0. The zero-order valence-electron chi connectivity index (χ0n) is 43.3. The van der Waals surface area contributed by atoms with Gasteiger partial charge in [0.15, 0.2) is 0 Å². The molecule has 3 heteroatoms. The Hall–Kier alpha value is -0.760. The smallest absolute Gasteiger partial charge is 0.243 e. The van der Waals surface area contributed by atoms with Crippen molar-refractivity contribution in [3.63, 3.8) is 0 Å². The molecule has 1 heterocycles. The van der Waals surface area contributed by atoms with E-state index in [2.05, 4.69) is 67.7 Å². The molecule has 62 heavy (non-hydrogen) atoms. The standard InChI is InChI=1S/C59H115N2.ClH/c1-5-9-13-16-19-22-25-28-29-30-31-34-37-40-43-46-52-59(61-56-55-60(57-61)54-12-8-4)53-48-47-51-58(49-44-41-38-35-32-26-23-20-17-14-10-6-2)50-45-42-39-36-33-27-24-21-18-15-11-7-3;/h28-29,55-59H,5-27,30-54H2,1-4H3;1H/q+1;/p-1/b29-28+;. The van der Waals surface area contributed by atoms with Gasteiger partial charge in [-0.25, -0.2) is 9.13 Å². The average Bonchev–Trinajstić information content (AvgIpc) is 3.75. The lowest BCUT2D eigenvalue weighted by atomic mass is 9.89. The summed E-state index contributed by atoms with van der Waals surface area (Å²) in [5, 5.41) is 0. The molecule has 1 aromatic heterocycles. The normalized spacial score (nSPS) is 12.3. The van der Waals surface area contributed by atoms with Gasteiger partial charge in [-0.2, -0.15) is 0 Å². The quantitative estimate of drug-likeness (QED) is 0.0350. The van der Waals surface area contributed by atoms with Crippen LogP contribution in [-0.2, 0) is 6.54 Å². The summed E-state index contributed by atoms with van der Waals surface area (Å²) in [7, 11) is 0.